The monoisotopic (exact) mass is 442 g/mol. The number of anilines is 2. The molecule has 1 fully saturated rings. The summed E-state index contributed by atoms with van der Waals surface area (Å²) in [6.07, 6.45) is 1.43. The summed E-state index contributed by atoms with van der Waals surface area (Å²) in [5.74, 6) is -1.59. The second kappa shape index (κ2) is 8.48. The normalized spacial score (nSPS) is 25.3. The molecule has 8 nitrogen and oxygen atoms in total. The quantitative estimate of drug-likeness (QED) is 0.558. The number of carboxylic acids is 1. The van der Waals surface area contributed by atoms with Crippen molar-refractivity contribution in [3.05, 3.63) is 53.1 Å². The predicted octanol–water partition coefficient (Wildman–Crippen LogP) is 3.01. The molecule has 0 aliphatic carbocycles. The molecule has 170 valence electrons. The van der Waals surface area contributed by atoms with Crippen LogP contribution in [0, 0.1) is 11.7 Å². The van der Waals surface area contributed by atoms with Gasteiger partial charge in [0.25, 0.3) is 0 Å². The minimum atomic E-state index is -1.24. The lowest BCUT2D eigenvalue weighted by Crippen LogP contribution is -2.43. The molecule has 32 heavy (non-hydrogen) atoms. The Morgan fingerprint density at radius 1 is 1.38 bits per heavy atom. The highest BCUT2D eigenvalue weighted by Gasteiger charge is 2.44. The molecule has 1 aromatic carbocycles. The van der Waals surface area contributed by atoms with Crippen molar-refractivity contribution in [1.82, 2.24) is 9.97 Å². The van der Waals surface area contributed by atoms with Crippen LogP contribution in [0.5, 0.6) is 0 Å². The van der Waals surface area contributed by atoms with E-state index in [4.69, 9.17) is 4.74 Å². The fraction of sp³-hybridized carbons (Fsp3) is 0.435. The van der Waals surface area contributed by atoms with Gasteiger partial charge in [-0.2, -0.15) is 0 Å². The molecule has 0 spiro atoms. The number of aliphatic carboxylic acids is 1. The van der Waals surface area contributed by atoms with E-state index in [2.05, 4.69) is 20.6 Å². The van der Waals surface area contributed by atoms with E-state index in [0.717, 1.165) is 0 Å². The van der Waals surface area contributed by atoms with Crippen molar-refractivity contribution in [3.63, 3.8) is 0 Å². The van der Waals surface area contributed by atoms with Crippen LogP contribution in [0.15, 0.2) is 36.0 Å². The largest absolute Gasteiger partial charge is 0.478 e. The number of halogens is 1. The number of aliphatic hydroxyl groups is 1. The molecule has 0 amide bonds. The topological polar surface area (TPSA) is 117 Å². The number of aromatic nitrogens is 2. The van der Waals surface area contributed by atoms with Gasteiger partial charge in [0.1, 0.15) is 11.4 Å². The van der Waals surface area contributed by atoms with E-state index in [-0.39, 0.29) is 35.7 Å². The molecule has 1 unspecified atom stereocenters. The molecule has 4 rings (SSSR count). The van der Waals surface area contributed by atoms with E-state index in [9.17, 15) is 19.4 Å². The number of allylic oxidation sites excluding steroid dienone is 1. The average Bonchev–Trinajstić information content (AvgIpc) is 2.74. The molecule has 0 saturated carbocycles. The van der Waals surface area contributed by atoms with E-state index in [1.54, 1.807) is 31.3 Å². The number of hydrogen-bond acceptors (Lipinski definition) is 7. The maximum absolute atomic E-state index is 14.8. The molecule has 2 aliphatic heterocycles. The first-order chi connectivity index (χ1) is 15.2. The van der Waals surface area contributed by atoms with Gasteiger partial charge in [-0.3, -0.25) is 0 Å². The van der Waals surface area contributed by atoms with Crippen molar-refractivity contribution >= 4 is 23.2 Å². The van der Waals surface area contributed by atoms with Gasteiger partial charge in [-0.1, -0.05) is 19.9 Å². The van der Waals surface area contributed by atoms with E-state index >= 15 is 0 Å². The van der Waals surface area contributed by atoms with Gasteiger partial charge < -0.3 is 25.6 Å². The first kappa shape index (κ1) is 22.2. The summed E-state index contributed by atoms with van der Waals surface area (Å²) in [5, 5.41) is 26.7. The van der Waals surface area contributed by atoms with Crippen molar-refractivity contribution < 1.29 is 24.1 Å². The van der Waals surface area contributed by atoms with Crippen molar-refractivity contribution in [2.24, 2.45) is 5.92 Å². The van der Waals surface area contributed by atoms with Gasteiger partial charge in [0, 0.05) is 24.1 Å². The fourth-order valence-corrected chi connectivity index (χ4v) is 4.49. The van der Waals surface area contributed by atoms with E-state index in [0.29, 0.717) is 30.0 Å². The molecule has 0 radical (unpaired) electrons. The smallest absolute Gasteiger partial charge is 0.334 e. The van der Waals surface area contributed by atoms with Crippen molar-refractivity contribution in [1.29, 1.82) is 0 Å². The Labute approximate surface area is 185 Å². The Hall–Kier alpha value is -3.04. The minimum absolute atomic E-state index is 0.0425. The number of rotatable bonds is 5. The lowest BCUT2D eigenvalue weighted by molar-refractivity contribution is -0.133. The fourth-order valence-electron chi connectivity index (χ4n) is 4.49. The lowest BCUT2D eigenvalue weighted by atomic mass is 9.75. The lowest BCUT2D eigenvalue weighted by Gasteiger charge is -2.40. The van der Waals surface area contributed by atoms with Gasteiger partial charge in [-0.05, 0) is 43.0 Å². The van der Waals surface area contributed by atoms with Crippen LogP contribution in [0.4, 0.5) is 16.0 Å². The zero-order valence-electron chi connectivity index (χ0n) is 18.2. The van der Waals surface area contributed by atoms with Gasteiger partial charge >= 0.3 is 5.97 Å². The van der Waals surface area contributed by atoms with E-state index in [1.165, 1.54) is 6.07 Å². The molecule has 1 aromatic heterocycles. The number of carbonyl (C=O) groups is 1. The Kier molecular flexibility index (Phi) is 5.87. The average molecular weight is 442 g/mol. The molecule has 3 heterocycles. The van der Waals surface area contributed by atoms with Crippen LogP contribution in [0.3, 0.4) is 0 Å². The SMILES string of the molecule is CC(C)C1=C(C(=O)O)C(C)(c2ccnc(N[C@@H]3CCOC[C@H]3O)n2)Nc2cccc(F)c21. The third kappa shape index (κ3) is 3.82. The summed E-state index contributed by atoms with van der Waals surface area (Å²) in [5.41, 5.74) is 0.437. The highest BCUT2D eigenvalue weighted by Crippen LogP contribution is 2.47. The Morgan fingerprint density at radius 3 is 2.84 bits per heavy atom. The number of nitrogens with one attached hydrogen (secondary N) is 2. The zero-order chi connectivity index (χ0) is 23.0. The maximum Gasteiger partial charge on any atom is 0.334 e. The van der Waals surface area contributed by atoms with Gasteiger partial charge in [-0.15, -0.1) is 0 Å². The molecular formula is C23H27FN4O4. The molecular weight excluding hydrogens is 415 g/mol. The van der Waals surface area contributed by atoms with Crippen LogP contribution in [0.1, 0.15) is 38.4 Å². The molecule has 2 aliphatic rings. The summed E-state index contributed by atoms with van der Waals surface area (Å²) < 4.78 is 20.1. The van der Waals surface area contributed by atoms with Crippen LogP contribution < -0.4 is 10.6 Å². The van der Waals surface area contributed by atoms with Gasteiger partial charge in [-0.25, -0.2) is 19.2 Å². The number of fused-ring (bicyclic) bond motifs is 1. The van der Waals surface area contributed by atoms with Gasteiger partial charge in [0.05, 0.1) is 30.0 Å². The van der Waals surface area contributed by atoms with Gasteiger partial charge in [0.2, 0.25) is 5.95 Å². The Bertz CT molecular complexity index is 1070. The van der Waals surface area contributed by atoms with Crippen molar-refractivity contribution in [2.45, 2.75) is 44.9 Å². The summed E-state index contributed by atoms with van der Waals surface area (Å²) >= 11 is 0. The predicted molar refractivity (Wildman–Crippen MR) is 118 cm³/mol. The summed E-state index contributed by atoms with van der Waals surface area (Å²) in [4.78, 5) is 21.3. The number of ether oxygens (including phenoxy) is 1. The number of benzene rings is 1. The summed E-state index contributed by atoms with van der Waals surface area (Å²) in [7, 11) is 0. The number of aliphatic hydroxyl groups excluding tert-OH is 1. The van der Waals surface area contributed by atoms with E-state index < -0.39 is 23.4 Å². The molecule has 3 atom stereocenters. The highest BCUT2D eigenvalue weighted by atomic mass is 19.1. The van der Waals surface area contributed by atoms with Crippen LogP contribution in [-0.2, 0) is 15.1 Å². The Morgan fingerprint density at radius 2 is 2.16 bits per heavy atom. The van der Waals surface area contributed by atoms with Crippen molar-refractivity contribution in [3.8, 4) is 0 Å². The van der Waals surface area contributed by atoms with Crippen LogP contribution in [0.25, 0.3) is 5.57 Å². The highest BCUT2D eigenvalue weighted by molar-refractivity contribution is 6.03. The van der Waals surface area contributed by atoms with E-state index in [1.807, 2.05) is 13.8 Å². The van der Waals surface area contributed by atoms with Gasteiger partial charge in [0.15, 0.2) is 0 Å². The third-order valence-electron chi connectivity index (χ3n) is 6.04. The number of carboxylic acid groups (broad SMARTS) is 1. The Balaban J connectivity index is 1.82. The van der Waals surface area contributed by atoms with Crippen LogP contribution in [-0.4, -0.2) is 51.5 Å². The third-order valence-corrected chi connectivity index (χ3v) is 6.04. The zero-order valence-corrected chi connectivity index (χ0v) is 18.2. The molecule has 9 heteroatoms. The molecule has 4 N–H and O–H groups in total. The molecule has 0 bridgehead atoms. The first-order valence-corrected chi connectivity index (χ1v) is 10.6. The number of nitrogens with zero attached hydrogens (tertiary/aromatic N) is 2. The van der Waals surface area contributed by atoms with Crippen molar-refractivity contribution in [2.75, 3.05) is 23.8 Å². The summed E-state index contributed by atoms with van der Waals surface area (Å²) in [6, 6.07) is 6.02. The molecule has 2 aromatic rings. The second-order valence-corrected chi connectivity index (χ2v) is 8.61. The summed E-state index contributed by atoms with van der Waals surface area (Å²) in [6.45, 7) is 6.16. The van der Waals surface area contributed by atoms with Crippen LogP contribution in [0.2, 0.25) is 0 Å². The maximum atomic E-state index is 14.8. The second-order valence-electron chi connectivity index (χ2n) is 8.61. The first-order valence-electron chi connectivity index (χ1n) is 10.6. The number of hydrogen-bond donors (Lipinski definition) is 4. The van der Waals surface area contributed by atoms with Crippen LogP contribution >= 0.6 is 0 Å². The minimum Gasteiger partial charge on any atom is -0.478 e. The molecule has 1 saturated heterocycles. The standard InChI is InChI=1S/C23H27FN4O4/c1-12(2)18-19-13(24)5-4-6-15(19)28-23(3,20(18)21(30)31)17-7-9-25-22(27-17)26-14-8-10-32-11-16(14)29/h4-7,9,12,14,16,28-29H,8,10-11H2,1-3H3,(H,30,31)(H,25,26,27)/t14-,16-,23?/m1/s1.